The molecule has 0 amide bonds. The first-order valence-corrected chi connectivity index (χ1v) is 2.30. The molecule has 10 heavy (non-hydrogen) atoms. The number of rotatable bonds is 2. The Morgan fingerprint density at radius 1 is 1.60 bits per heavy atom. The summed E-state index contributed by atoms with van der Waals surface area (Å²) in [6.45, 7) is 1.14. The van der Waals surface area contributed by atoms with Gasteiger partial charge in [-0.2, -0.15) is 4.89 Å². The molecule has 0 saturated heterocycles. The van der Waals surface area contributed by atoms with Gasteiger partial charge in [0.1, 0.15) is 0 Å². The van der Waals surface area contributed by atoms with Gasteiger partial charge in [-0.3, -0.25) is 0 Å². The largest absolute Gasteiger partial charge is 0.539 e. The highest BCUT2D eigenvalue weighted by Gasteiger charge is 2.08. The highest BCUT2D eigenvalue weighted by atomic mass is 17.1. The second-order valence-electron chi connectivity index (χ2n) is 1.37. The number of aliphatic carboxylic acids is 1. The second-order valence-corrected chi connectivity index (χ2v) is 1.37. The molecule has 0 radical (unpaired) electrons. The van der Waals surface area contributed by atoms with Gasteiger partial charge in [-0.1, -0.05) is 0 Å². The van der Waals surface area contributed by atoms with Crippen molar-refractivity contribution in [2.24, 2.45) is 0 Å². The van der Waals surface area contributed by atoms with Crippen molar-refractivity contribution in [2.45, 2.75) is 13.2 Å². The van der Waals surface area contributed by atoms with Crippen LogP contribution in [0.15, 0.2) is 0 Å². The lowest BCUT2D eigenvalue weighted by atomic mass is 10.7. The van der Waals surface area contributed by atoms with Gasteiger partial charge in [0, 0.05) is 6.92 Å². The topological polar surface area (TPSA) is 95.9 Å². The van der Waals surface area contributed by atoms with Crippen molar-refractivity contribution in [1.82, 2.24) is 0 Å². The lowest BCUT2D eigenvalue weighted by molar-refractivity contribution is -0.338. The Balaban J connectivity index is 3.68. The minimum atomic E-state index is -1.98. The van der Waals surface area contributed by atoms with Crippen LogP contribution in [-0.2, 0) is 19.2 Å². The first kappa shape index (κ1) is 8.86. The molecule has 0 saturated carbocycles. The summed E-state index contributed by atoms with van der Waals surface area (Å²) in [6, 6.07) is 0. The zero-order valence-electron chi connectivity index (χ0n) is 5.07. The molecular weight excluding hydrogens is 144 g/mol. The lowest BCUT2D eigenvalue weighted by Gasteiger charge is -2.08. The van der Waals surface area contributed by atoms with E-state index < -0.39 is 18.2 Å². The zero-order valence-corrected chi connectivity index (χ0v) is 5.07. The Labute approximate surface area is 55.9 Å². The molecule has 0 aromatic heterocycles. The van der Waals surface area contributed by atoms with Crippen molar-refractivity contribution >= 4 is 11.9 Å². The first-order chi connectivity index (χ1) is 4.57. The molecule has 0 bridgehead atoms. The summed E-state index contributed by atoms with van der Waals surface area (Å²) in [7, 11) is 0. The second kappa shape index (κ2) is 3.80. The molecule has 0 spiro atoms. The average Bonchev–Trinajstić information content (AvgIpc) is 1.87. The molecule has 1 unspecified atom stereocenters. The van der Waals surface area contributed by atoms with Crippen LogP contribution in [-0.4, -0.2) is 23.5 Å². The number of carboxylic acids is 1. The van der Waals surface area contributed by atoms with Gasteiger partial charge < -0.3 is 14.6 Å². The molecule has 0 aliphatic heterocycles. The van der Waals surface area contributed by atoms with Crippen molar-refractivity contribution in [3.63, 3.8) is 0 Å². The average molecular weight is 149 g/mol. The van der Waals surface area contributed by atoms with E-state index in [1.54, 1.807) is 0 Å². The predicted molar refractivity (Wildman–Crippen MR) is 24.3 cm³/mol. The molecule has 1 atom stereocenters. The highest BCUT2D eigenvalue weighted by molar-refractivity contribution is 6.27. The number of hydrogen-bond acceptors (Lipinski definition) is 6. The smallest absolute Gasteiger partial charge is 0.356 e. The van der Waals surface area contributed by atoms with Gasteiger partial charge in [-0.15, -0.1) is 0 Å². The molecular formula is C4H5O6-. The van der Waals surface area contributed by atoms with Gasteiger partial charge in [0.05, 0.1) is 0 Å². The van der Waals surface area contributed by atoms with E-state index in [1.807, 2.05) is 0 Å². The Morgan fingerprint density at radius 3 is 2.40 bits per heavy atom. The van der Waals surface area contributed by atoms with Crippen molar-refractivity contribution in [1.29, 1.82) is 0 Å². The lowest BCUT2D eigenvalue weighted by Crippen LogP contribution is -2.35. The first-order valence-electron chi connectivity index (χ1n) is 2.30. The SMILES string of the molecule is CC(OO)OC(=O)C(=O)[O-]. The van der Waals surface area contributed by atoms with Crippen molar-refractivity contribution in [3.05, 3.63) is 0 Å². The van der Waals surface area contributed by atoms with Crippen molar-refractivity contribution in [3.8, 4) is 0 Å². The third-order valence-corrected chi connectivity index (χ3v) is 0.588. The van der Waals surface area contributed by atoms with Crippen LogP contribution in [0.2, 0.25) is 0 Å². The van der Waals surface area contributed by atoms with Gasteiger partial charge in [0.25, 0.3) is 0 Å². The van der Waals surface area contributed by atoms with E-state index in [2.05, 4.69) is 9.62 Å². The van der Waals surface area contributed by atoms with E-state index in [1.165, 1.54) is 0 Å². The number of esters is 1. The molecule has 0 aliphatic rings. The fourth-order valence-electron chi connectivity index (χ4n) is 0.220. The fourth-order valence-corrected chi connectivity index (χ4v) is 0.220. The minimum absolute atomic E-state index is 1.14. The van der Waals surface area contributed by atoms with E-state index in [0.29, 0.717) is 0 Å². The van der Waals surface area contributed by atoms with Crippen LogP contribution in [0.1, 0.15) is 6.92 Å². The van der Waals surface area contributed by atoms with Crippen LogP contribution in [0.3, 0.4) is 0 Å². The van der Waals surface area contributed by atoms with E-state index >= 15 is 0 Å². The van der Waals surface area contributed by atoms with Crippen molar-refractivity contribution in [2.75, 3.05) is 0 Å². The monoisotopic (exact) mass is 149 g/mol. The number of carboxylic acid groups (broad SMARTS) is 1. The van der Waals surface area contributed by atoms with Crippen LogP contribution in [0, 0.1) is 0 Å². The van der Waals surface area contributed by atoms with Gasteiger partial charge in [-0.05, 0) is 0 Å². The molecule has 0 rings (SSSR count). The van der Waals surface area contributed by atoms with Crippen LogP contribution in [0.25, 0.3) is 0 Å². The molecule has 58 valence electrons. The normalized spacial score (nSPS) is 12.2. The number of carbonyl (C=O) groups excluding carboxylic acids is 2. The third kappa shape index (κ3) is 3.00. The summed E-state index contributed by atoms with van der Waals surface area (Å²) >= 11 is 0. The molecule has 0 aromatic carbocycles. The molecule has 0 fully saturated rings. The quantitative estimate of drug-likeness (QED) is 0.162. The van der Waals surface area contributed by atoms with Crippen LogP contribution >= 0.6 is 0 Å². The summed E-state index contributed by atoms with van der Waals surface area (Å²) in [5.74, 6) is -3.56. The molecule has 0 heterocycles. The fraction of sp³-hybridized carbons (Fsp3) is 0.500. The van der Waals surface area contributed by atoms with Gasteiger partial charge in [0.15, 0.2) is 5.97 Å². The third-order valence-electron chi connectivity index (χ3n) is 0.588. The predicted octanol–water partition coefficient (Wildman–Crippen LogP) is -1.88. The Kier molecular flexibility index (Phi) is 3.37. The number of hydrogen-bond donors (Lipinski definition) is 1. The zero-order chi connectivity index (χ0) is 8.15. The molecule has 0 aromatic rings. The van der Waals surface area contributed by atoms with E-state index in [-0.39, 0.29) is 0 Å². The molecule has 1 N–H and O–H groups in total. The molecule has 0 aliphatic carbocycles. The maximum absolute atomic E-state index is 10.0. The Bertz CT molecular complexity index is 141. The van der Waals surface area contributed by atoms with Gasteiger partial charge in [-0.25, -0.2) is 10.1 Å². The van der Waals surface area contributed by atoms with Gasteiger partial charge >= 0.3 is 5.97 Å². The van der Waals surface area contributed by atoms with Crippen LogP contribution in [0.5, 0.6) is 0 Å². The highest BCUT2D eigenvalue weighted by Crippen LogP contribution is 1.89. The summed E-state index contributed by atoms with van der Waals surface area (Å²) in [5, 5.41) is 17.4. The van der Waals surface area contributed by atoms with Crippen molar-refractivity contribution < 1.29 is 29.6 Å². The molecule has 6 heteroatoms. The summed E-state index contributed by atoms with van der Waals surface area (Å²) < 4.78 is 3.89. The Hall–Kier alpha value is -1.14. The van der Waals surface area contributed by atoms with E-state index in [0.717, 1.165) is 6.92 Å². The molecule has 6 nitrogen and oxygen atoms in total. The maximum Gasteiger partial charge on any atom is 0.356 e. The van der Waals surface area contributed by atoms with E-state index in [9.17, 15) is 14.7 Å². The number of carbonyl (C=O) groups is 2. The standard InChI is InChI=1S/C4H6O6/c1-2(10-8)9-4(7)3(5)6/h2,8H,1H3,(H,5,6)/p-1. The minimum Gasteiger partial charge on any atom is -0.539 e. The summed E-state index contributed by atoms with van der Waals surface area (Å²) in [6.07, 6.45) is -1.30. The summed E-state index contributed by atoms with van der Waals surface area (Å²) in [4.78, 5) is 23.1. The Morgan fingerprint density at radius 2 is 2.10 bits per heavy atom. The summed E-state index contributed by atoms with van der Waals surface area (Å²) in [5.41, 5.74) is 0. The van der Waals surface area contributed by atoms with E-state index in [4.69, 9.17) is 5.26 Å². The van der Waals surface area contributed by atoms with Gasteiger partial charge in [0.2, 0.25) is 6.29 Å². The number of ether oxygens (including phenoxy) is 1. The van der Waals surface area contributed by atoms with Crippen LogP contribution in [0.4, 0.5) is 0 Å². The maximum atomic E-state index is 10.0. The van der Waals surface area contributed by atoms with Crippen LogP contribution < -0.4 is 5.11 Å².